The van der Waals surface area contributed by atoms with Gasteiger partial charge in [0.05, 0.1) is 19.9 Å². The summed E-state index contributed by atoms with van der Waals surface area (Å²) in [6, 6.07) is 12.8. The van der Waals surface area contributed by atoms with Crippen LogP contribution in [-0.4, -0.2) is 26.2 Å². The molecule has 5 heteroatoms. The van der Waals surface area contributed by atoms with E-state index < -0.39 is 6.10 Å². The van der Waals surface area contributed by atoms with E-state index in [1.165, 1.54) is 7.11 Å². The lowest BCUT2D eigenvalue weighted by molar-refractivity contribution is -0.122. The maximum Gasteiger partial charge on any atom is 0.265 e. The van der Waals surface area contributed by atoms with Gasteiger partial charge in [-0.1, -0.05) is 18.2 Å². The van der Waals surface area contributed by atoms with E-state index >= 15 is 0 Å². The molecule has 1 N–H and O–H groups in total. The van der Waals surface area contributed by atoms with E-state index in [0.29, 0.717) is 22.9 Å². The molecule has 0 fully saturated rings. The van der Waals surface area contributed by atoms with Gasteiger partial charge in [-0.15, -0.1) is 0 Å². The maximum atomic E-state index is 12.3. The largest absolute Gasteiger partial charge is 0.497 e. The highest BCUT2D eigenvalue weighted by atomic mass is 16.5. The van der Waals surface area contributed by atoms with Crippen molar-refractivity contribution in [1.82, 2.24) is 0 Å². The van der Waals surface area contributed by atoms with E-state index in [9.17, 15) is 4.79 Å². The van der Waals surface area contributed by atoms with Crippen LogP contribution >= 0.6 is 0 Å². The average Bonchev–Trinajstić information content (AvgIpc) is 2.57. The van der Waals surface area contributed by atoms with Crippen molar-refractivity contribution < 1.29 is 19.0 Å². The van der Waals surface area contributed by atoms with E-state index in [0.717, 1.165) is 5.56 Å². The van der Waals surface area contributed by atoms with E-state index in [2.05, 4.69) is 5.32 Å². The lowest BCUT2D eigenvalue weighted by atomic mass is 10.2. The van der Waals surface area contributed by atoms with Crippen LogP contribution in [0, 0.1) is 6.92 Å². The van der Waals surface area contributed by atoms with Crippen LogP contribution in [0.2, 0.25) is 0 Å². The maximum absolute atomic E-state index is 12.3. The smallest absolute Gasteiger partial charge is 0.265 e. The molecule has 0 unspecified atom stereocenters. The number of aryl methyl sites for hydroxylation is 1. The summed E-state index contributed by atoms with van der Waals surface area (Å²) in [6.45, 7) is 3.64. The fraction of sp³-hybridized carbons (Fsp3) is 0.278. The molecule has 0 aliphatic carbocycles. The Morgan fingerprint density at radius 2 is 1.78 bits per heavy atom. The standard InChI is InChI=1S/C18H21NO4/c1-12-7-5-6-8-16(12)23-13(2)18(20)19-15-10-9-14(21-3)11-17(15)22-4/h5-11,13H,1-4H3,(H,19,20)/t13-/m0/s1. The first-order chi connectivity index (χ1) is 11.0. The minimum absolute atomic E-state index is 0.253. The first-order valence-corrected chi connectivity index (χ1v) is 7.30. The van der Waals surface area contributed by atoms with Crippen molar-refractivity contribution in [3.05, 3.63) is 48.0 Å². The van der Waals surface area contributed by atoms with Crippen molar-refractivity contribution in [3.8, 4) is 17.2 Å². The third-order valence-electron chi connectivity index (χ3n) is 3.43. The summed E-state index contributed by atoms with van der Waals surface area (Å²) in [5, 5.41) is 2.81. The van der Waals surface area contributed by atoms with Crippen LogP contribution in [0.3, 0.4) is 0 Å². The minimum Gasteiger partial charge on any atom is -0.497 e. The second-order valence-corrected chi connectivity index (χ2v) is 5.08. The molecule has 0 spiro atoms. The topological polar surface area (TPSA) is 56.8 Å². The van der Waals surface area contributed by atoms with Crippen LogP contribution in [0.5, 0.6) is 17.2 Å². The Morgan fingerprint density at radius 1 is 1.04 bits per heavy atom. The van der Waals surface area contributed by atoms with Crippen LogP contribution in [0.1, 0.15) is 12.5 Å². The van der Waals surface area contributed by atoms with Gasteiger partial charge in [-0.05, 0) is 37.6 Å². The Hall–Kier alpha value is -2.69. The number of hydrogen-bond donors (Lipinski definition) is 1. The zero-order chi connectivity index (χ0) is 16.8. The number of ether oxygens (including phenoxy) is 3. The first-order valence-electron chi connectivity index (χ1n) is 7.30. The van der Waals surface area contributed by atoms with E-state index in [4.69, 9.17) is 14.2 Å². The molecule has 0 heterocycles. The van der Waals surface area contributed by atoms with Gasteiger partial charge in [-0.25, -0.2) is 0 Å². The molecule has 122 valence electrons. The summed E-state index contributed by atoms with van der Waals surface area (Å²) in [5.74, 6) is 1.62. The van der Waals surface area contributed by atoms with E-state index in [1.807, 2.05) is 31.2 Å². The molecule has 2 aromatic rings. The fourth-order valence-electron chi connectivity index (χ4n) is 2.07. The highest BCUT2D eigenvalue weighted by Gasteiger charge is 2.17. The second-order valence-electron chi connectivity index (χ2n) is 5.08. The number of para-hydroxylation sites is 1. The number of hydrogen-bond acceptors (Lipinski definition) is 4. The molecule has 0 aliphatic rings. The summed E-state index contributed by atoms with van der Waals surface area (Å²) < 4.78 is 16.1. The van der Waals surface area contributed by atoms with Gasteiger partial charge in [0, 0.05) is 6.07 Å². The van der Waals surface area contributed by atoms with Gasteiger partial charge in [0.1, 0.15) is 17.2 Å². The monoisotopic (exact) mass is 315 g/mol. The number of methoxy groups -OCH3 is 2. The Labute approximate surface area is 136 Å². The average molecular weight is 315 g/mol. The third kappa shape index (κ3) is 4.16. The summed E-state index contributed by atoms with van der Waals surface area (Å²) in [4.78, 5) is 12.3. The number of rotatable bonds is 6. The Bertz CT molecular complexity index is 684. The molecule has 5 nitrogen and oxygen atoms in total. The molecular formula is C18H21NO4. The first kappa shape index (κ1) is 16.7. The summed E-state index contributed by atoms with van der Waals surface area (Å²) in [6.07, 6.45) is -0.636. The summed E-state index contributed by atoms with van der Waals surface area (Å²) >= 11 is 0. The van der Waals surface area contributed by atoms with Crippen LogP contribution in [0.4, 0.5) is 5.69 Å². The van der Waals surface area contributed by atoms with Crippen molar-refractivity contribution in [2.75, 3.05) is 19.5 Å². The normalized spacial score (nSPS) is 11.5. The Morgan fingerprint density at radius 3 is 2.43 bits per heavy atom. The third-order valence-corrected chi connectivity index (χ3v) is 3.43. The molecule has 2 rings (SSSR count). The zero-order valence-corrected chi connectivity index (χ0v) is 13.8. The van der Waals surface area contributed by atoms with Crippen molar-refractivity contribution >= 4 is 11.6 Å². The molecule has 0 aliphatic heterocycles. The number of nitrogens with one attached hydrogen (secondary N) is 1. The summed E-state index contributed by atoms with van der Waals surface area (Å²) in [5.41, 5.74) is 1.55. The van der Waals surface area contributed by atoms with Crippen LogP contribution in [0.15, 0.2) is 42.5 Å². The van der Waals surface area contributed by atoms with Gasteiger partial charge < -0.3 is 19.5 Å². The van der Waals surface area contributed by atoms with Gasteiger partial charge in [0.15, 0.2) is 6.10 Å². The van der Waals surface area contributed by atoms with Gasteiger partial charge in [-0.3, -0.25) is 4.79 Å². The fourth-order valence-corrected chi connectivity index (χ4v) is 2.07. The highest BCUT2D eigenvalue weighted by Crippen LogP contribution is 2.29. The molecule has 2 aromatic carbocycles. The number of benzene rings is 2. The van der Waals surface area contributed by atoms with Gasteiger partial charge in [0.25, 0.3) is 5.91 Å². The molecule has 1 amide bonds. The van der Waals surface area contributed by atoms with E-state index in [-0.39, 0.29) is 5.91 Å². The molecule has 1 atom stereocenters. The number of carbonyl (C=O) groups is 1. The zero-order valence-electron chi connectivity index (χ0n) is 13.8. The summed E-state index contributed by atoms with van der Waals surface area (Å²) in [7, 11) is 3.11. The molecular weight excluding hydrogens is 294 g/mol. The van der Waals surface area contributed by atoms with Crippen molar-refractivity contribution in [2.45, 2.75) is 20.0 Å². The van der Waals surface area contributed by atoms with Gasteiger partial charge in [-0.2, -0.15) is 0 Å². The molecule has 0 saturated carbocycles. The van der Waals surface area contributed by atoms with Gasteiger partial charge >= 0.3 is 0 Å². The molecule has 0 saturated heterocycles. The molecule has 0 aromatic heterocycles. The molecule has 0 bridgehead atoms. The van der Waals surface area contributed by atoms with Crippen molar-refractivity contribution in [3.63, 3.8) is 0 Å². The van der Waals surface area contributed by atoms with Crippen LogP contribution in [-0.2, 0) is 4.79 Å². The lowest BCUT2D eigenvalue weighted by Gasteiger charge is -2.17. The molecule has 23 heavy (non-hydrogen) atoms. The van der Waals surface area contributed by atoms with Crippen LogP contribution in [0.25, 0.3) is 0 Å². The quantitative estimate of drug-likeness (QED) is 0.887. The van der Waals surface area contributed by atoms with Gasteiger partial charge in [0.2, 0.25) is 0 Å². The minimum atomic E-state index is -0.636. The number of anilines is 1. The predicted molar refractivity (Wildman–Crippen MR) is 89.4 cm³/mol. The van der Waals surface area contributed by atoms with Crippen LogP contribution < -0.4 is 19.5 Å². The Balaban J connectivity index is 2.08. The second kappa shape index (κ2) is 7.54. The SMILES string of the molecule is COc1ccc(NC(=O)[C@H](C)Oc2ccccc2C)c(OC)c1. The van der Waals surface area contributed by atoms with Crippen molar-refractivity contribution in [2.24, 2.45) is 0 Å². The van der Waals surface area contributed by atoms with Crippen molar-refractivity contribution in [1.29, 1.82) is 0 Å². The predicted octanol–water partition coefficient (Wildman–Crippen LogP) is 3.42. The number of amides is 1. The number of carbonyl (C=O) groups excluding carboxylic acids is 1. The molecule has 0 radical (unpaired) electrons. The lowest BCUT2D eigenvalue weighted by Crippen LogP contribution is -2.30. The highest BCUT2D eigenvalue weighted by molar-refractivity contribution is 5.95. The Kier molecular flexibility index (Phi) is 5.46. The van der Waals surface area contributed by atoms with E-state index in [1.54, 1.807) is 32.2 Å².